The molecule has 0 saturated carbocycles. The SMILES string of the molecule is Nc1cccc[n+]1CCC(=O)c1ccc(Cl)cc1. The van der Waals surface area contributed by atoms with E-state index in [2.05, 4.69) is 0 Å². The number of nitrogen functional groups attached to an aromatic ring is 1. The number of nitrogens with zero attached hydrogens (tertiary/aromatic N) is 1. The van der Waals surface area contributed by atoms with Crippen LogP contribution in [0, 0.1) is 0 Å². The van der Waals surface area contributed by atoms with Crippen molar-refractivity contribution in [3.63, 3.8) is 0 Å². The Morgan fingerprint density at radius 1 is 1.17 bits per heavy atom. The molecule has 1 aromatic carbocycles. The van der Waals surface area contributed by atoms with Gasteiger partial charge < -0.3 is 0 Å². The Balaban J connectivity index is 2.01. The minimum absolute atomic E-state index is 0.0856. The summed E-state index contributed by atoms with van der Waals surface area (Å²) in [5.41, 5.74) is 6.48. The Bertz CT molecular complexity index is 552. The number of aryl methyl sites for hydroxylation is 1. The monoisotopic (exact) mass is 261 g/mol. The molecule has 0 amide bonds. The summed E-state index contributed by atoms with van der Waals surface area (Å²) in [6.45, 7) is 0.578. The standard InChI is InChI=1S/C14H13ClN2O/c15-12-6-4-11(5-7-12)13(18)8-10-17-9-2-1-3-14(17)16/h1-7,9,16H,8,10H2/p+1. The molecule has 0 radical (unpaired) electrons. The molecular formula is C14H14ClN2O+. The normalized spacial score (nSPS) is 10.3. The van der Waals surface area contributed by atoms with Gasteiger partial charge in [-0.25, -0.2) is 4.57 Å². The highest BCUT2D eigenvalue weighted by Crippen LogP contribution is 2.11. The number of rotatable bonds is 4. The van der Waals surface area contributed by atoms with E-state index >= 15 is 0 Å². The Hall–Kier alpha value is -1.87. The number of hydrogen-bond acceptors (Lipinski definition) is 2. The molecular weight excluding hydrogens is 248 g/mol. The van der Waals surface area contributed by atoms with E-state index in [9.17, 15) is 4.79 Å². The lowest BCUT2D eigenvalue weighted by Crippen LogP contribution is -2.37. The van der Waals surface area contributed by atoms with Gasteiger partial charge in [-0.3, -0.25) is 10.5 Å². The molecule has 3 nitrogen and oxygen atoms in total. The molecule has 2 N–H and O–H groups in total. The first-order valence-electron chi connectivity index (χ1n) is 5.69. The second kappa shape index (κ2) is 5.65. The van der Waals surface area contributed by atoms with E-state index in [-0.39, 0.29) is 5.78 Å². The van der Waals surface area contributed by atoms with Crippen LogP contribution in [0.25, 0.3) is 0 Å². The fraction of sp³-hybridized carbons (Fsp3) is 0.143. The highest BCUT2D eigenvalue weighted by molar-refractivity contribution is 6.30. The molecule has 0 unspecified atom stereocenters. The lowest BCUT2D eigenvalue weighted by molar-refractivity contribution is -0.681. The largest absolute Gasteiger partial charge is 0.294 e. The summed E-state index contributed by atoms with van der Waals surface area (Å²) >= 11 is 5.78. The van der Waals surface area contributed by atoms with Crippen LogP contribution < -0.4 is 10.3 Å². The first-order valence-corrected chi connectivity index (χ1v) is 6.07. The molecule has 18 heavy (non-hydrogen) atoms. The third-order valence-electron chi connectivity index (χ3n) is 2.72. The average Bonchev–Trinajstić information content (AvgIpc) is 2.38. The van der Waals surface area contributed by atoms with Crippen LogP contribution in [-0.4, -0.2) is 5.78 Å². The van der Waals surface area contributed by atoms with Crippen LogP contribution in [0.2, 0.25) is 5.02 Å². The first kappa shape index (κ1) is 12.6. The Morgan fingerprint density at radius 3 is 2.56 bits per heavy atom. The van der Waals surface area contributed by atoms with Crippen molar-refractivity contribution in [1.82, 2.24) is 0 Å². The number of pyridine rings is 1. The maximum absolute atomic E-state index is 11.9. The Kier molecular flexibility index (Phi) is 3.95. The van der Waals surface area contributed by atoms with E-state index < -0.39 is 0 Å². The van der Waals surface area contributed by atoms with Crippen molar-refractivity contribution in [2.45, 2.75) is 13.0 Å². The van der Waals surface area contributed by atoms with Crippen LogP contribution in [0.3, 0.4) is 0 Å². The summed E-state index contributed by atoms with van der Waals surface area (Å²) in [5, 5.41) is 0.633. The smallest absolute Gasteiger partial charge is 0.272 e. The van der Waals surface area contributed by atoms with Gasteiger partial charge in [0.05, 0.1) is 12.7 Å². The van der Waals surface area contributed by atoms with Crippen LogP contribution in [0.5, 0.6) is 0 Å². The molecule has 92 valence electrons. The van der Waals surface area contributed by atoms with E-state index in [0.717, 1.165) is 0 Å². The van der Waals surface area contributed by atoms with Crippen LogP contribution in [0.1, 0.15) is 16.8 Å². The van der Waals surface area contributed by atoms with Crippen molar-refractivity contribution < 1.29 is 9.36 Å². The van der Waals surface area contributed by atoms with Gasteiger partial charge in [0.25, 0.3) is 5.82 Å². The summed E-state index contributed by atoms with van der Waals surface area (Å²) < 4.78 is 1.85. The van der Waals surface area contributed by atoms with Crippen LogP contribution in [-0.2, 0) is 6.54 Å². The summed E-state index contributed by atoms with van der Waals surface area (Å²) in [7, 11) is 0. The topological polar surface area (TPSA) is 47.0 Å². The number of carbonyl (C=O) groups is 1. The molecule has 0 atom stereocenters. The van der Waals surface area contributed by atoms with Crippen molar-refractivity contribution in [1.29, 1.82) is 0 Å². The van der Waals surface area contributed by atoms with Gasteiger partial charge in [0.2, 0.25) is 0 Å². The number of anilines is 1. The zero-order chi connectivity index (χ0) is 13.0. The number of aromatic nitrogens is 1. The average molecular weight is 262 g/mol. The van der Waals surface area contributed by atoms with E-state index in [1.807, 2.05) is 29.0 Å². The van der Waals surface area contributed by atoms with Gasteiger partial charge in [-0.2, -0.15) is 0 Å². The van der Waals surface area contributed by atoms with Gasteiger partial charge in [0, 0.05) is 23.1 Å². The predicted octanol–water partition coefficient (Wildman–Crippen LogP) is 2.48. The molecule has 0 bridgehead atoms. The molecule has 0 aliphatic carbocycles. The first-order chi connectivity index (χ1) is 8.66. The lowest BCUT2D eigenvalue weighted by Gasteiger charge is -2.03. The fourth-order valence-electron chi connectivity index (χ4n) is 1.70. The van der Waals surface area contributed by atoms with Crippen LogP contribution >= 0.6 is 11.6 Å². The molecule has 1 aromatic heterocycles. The molecule has 2 rings (SSSR count). The minimum Gasteiger partial charge on any atom is -0.294 e. The van der Waals surface area contributed by atoms with Crippen molar-refractivity contribution in [2.75, 3.05) is 5.73 Å². The highest BCUT2D eigenvalue weighted by Gasteiger charge is 2.09. The molecule has 0 aliphatic rings. The Morgan fingerprint density at radius 2 is 1.89 bits per heavy atom. The minimum atomic E-state index is 0.0856. The van der Waals surface area contributed by atoms with Gasteiger partial charge in [-0.15, -0.1) is 0 Å². The molecule has 0 fully saturated rings. The predicted molar refractivity (Wildman–Crippen MR) is 71.4 cm³/mol. The number of carbonyl (C=O) groups excluding carboxylic acids is 1. The van der Waals surface area contributed by atoms with E-state index in [0.29, 0.717) is 29.4 Å². The van der Waals surface area contributed by atoms with Gasteiger partial charge in [-0.05, 0) is 30.3 Å². The molecule has 0 spiro atoms. The van der Waals surface area contributed by atoms with Crippen molar-refractivity contribution >= 4 is 23.2 Å². The highest BCUT2D eigenvalue weighted by atomic mass is 35.5. The number of ketones is 1. The van der Waals surface area contributed by atoms with Crippen LogP contribution in [0.4, 0.5) is 5.82 Å². The zero-order valence-electron chi connectivity index (χ0n) is 9.84. The maximum Gasteiger partial charge on any atom is 0.272 e. The van der Waals surface area contributed by atoms with Gasteiger partial charge in [0.1, 0.15) is 0 Å². The number of nitrogens with two attached hydrogens (primary N) is 1. The fourth-order valence-corrected chi connectivity index (χ4v) is 1.82. The van der Waals surface area contributed by atoms with E-state index in [1.165, 1.54) is 0 Å². The maximum atomic E-state index is 11.9. The molecule has 4 heteroatoms. The number of hydrogen-bond donors (Lipinski definition) is 1. The second-order valence-electron chi connectivity index (χ2n) is 4.00. The van der Waals surface area contributed by atoms with Crippen molar-refractivity contribution in [3.05, 3.63) is 59.2 Å². The molecule has 1 heterocycles. The summed E-state index contributed by atoms with van der Waals surface area (Å²) in [4.78, 5) is 11.9. The van der Waals surface area contributed by atoms with Gasteiger partial charge >= 0.3 is 0 Å². The van der Waals surface area contributed by atoms with Crippen LogP contribution in [0.15, 0.2) is 48.7 Å². The molecule has 2 aromatic rings. The molecule has 0 saturated heterocycles. The zero-order valence-corrected chi connectivity index (χ0v) is 10.6. The van der Waals surface area contributed by atoms with Crippen molar-refractivity contribution in [3.8, 4) is 0 Å². The Labute approximate surface area is 111 Å². The summed E-state index contributed by atoms with van der Waals surface area (Å²) in [6, 6.07) is 12.5. The molecule has 0 aliphatic heterocycles. The third kappa shape index (κ3) is 3.08. The van der Waals surface area contributed by atoms with E-state index in [4.69, 9.17) is 17.3 Å². The number of benzene rings is 1. The van der Waals surface area contributed by atoms with Gasteiger partial charge in [-0.1, -0.05) is 17.7 Å². The van der Waals surface area contributed by atoms with Crippen molar-refractivity contribution in [2.24, 2.45) is 0 Å². The summed E-state index contributed by atoms with van der Waals surface area (Å²) in [5.74, 6) is 0.740. The quantitative estimate of drug-likeness (QED) is 0.679. The third-order valence-corrected chi connectivity index (χ3v) is 2.97. The van der Waals surface area contributed by atoms with Gasteiger partial charge in [0.15, 0.2) is 5.78 Å². The lowest BCUT2D eigenvalue weighted by atomic mass is 10.1. The number of Topliss-reactive ketones (excluding diaryl/α,β-unsaturated/α-hetero) is 1. The number of halogens is 1. The summed E-state index contributed by atoms with van der Waals surface area (Å²) in [6.07, 6.45) is 2.28. The van der Waals surface area contributed by atoms with E-state index in [1.54, 1.807) is 24.3 Å². The second-order valence-corrected chi connectivity index (χ2v) is 4.44.